The summed E-state index contributed by atoms with van der Waals surface area (Å²) in [6.07, 6.45) is 1.71. The van der Waals surface area contributed by atoms with Gasteiger partial charge >= 0.3 is 5.97 Å². The number of aliphatic imine (C=N–C) groups is 1. The van der Waals surface area contributed by atoms with E-state index in [1.165, 1.54) is 7.11 Å². The Morgan fingerprint density at radius 2 is 1.82 bits per heavy atom. The third-order valence-electron chi connectivity index (χ3n) is 2.85. The summed E-state index contributed by atoms with van der Waals surface area (Å²) in [6.45, 7) is 0. The van der Waals surface area contributed by atoms with E-state index in [-0.39, 0.29) is 5.97 Å². The molecule has 0 aliphatic carbocycles. The summed E-state index contributed by atoms with van der Waals surface area (Å²) in [4.78, 5) is 15.9. The summed E-state index contributed by atoms with van der Waals surface area (Å²) in [5.74, 6) is 0.344. The van der Waals surface area contributed by atoms with Crippen LogP contribution in [0.5, 0.6) is 5.75 Å². The van der Waals surface area contributed by atoms with Crippen molar-refractivity contribution in [3.8, 4) is 5.75 Å². The van der Waals surface area contributed by atoms with Crippen LogP contribution in [0.1, 0.15) is 15.9 Å². The van der Waals surface area contributed by atoms with E-state index in [9.17, 15) is 4.79 Å². The number of nitrogens with zero attached hydrogens (tertiary/aromatic N) is 1. The third kappa shape index (κ3) is 3.96. The number of hydrogen-bond donors (Lipinski definition) is 0. The minimum atomic E-state index is -0.382. The molecule has 0 aliphatic rings. The molecule has 114 valence electrons. The molecule has 0 radical (unpaired) electrons. The molecule has 0 amide bonds. The SMILES string of the molecule is COC(=O)c1cccc(N=Cc2cc(Br)c(OC)c(Br)c2)c1. The standard InChI is InChI=1S/C16H13Br2NO3/c1-21-15-13(17)6-10(7-14(15)18)9-19-12-5-3-4-11(8-12)16(20)22-2/h3-9H,1-2H3. The summed E-state index contributed by atoms with van der Waals surface area (Å²) in [7, 11) is 2.96. The van der Waals surface area contributed by atoms with Crippen molar-refractivity contribution in [2.75, 3.05) is 14.2 Å². The zero-order chi connectivity index (χ0) is 16.1. The van der Waals surface area contributed by atoms with Crippen LogP contribution in [0.25, 0.3) is 0 Å². The van der Waals surface area contributed by atoms with Crippen molar-refractivity contribution in [2.45, 2.75) is 0 Å². The van der Waals surface area contributed by atoms with Gasteiger partial charge in [-0.2, -0.15) is 0 Å². The van der Waals surface area contributed by atoms with E-state index in [0.717, 1.165) is 20.3 Å². The number of carbonyl (C=O) groups excluding carboxylic acids is 1. The maximum absolute atomic E-state index is 11.5. The second-order valence-electron chi connectivity index (χ2n) is 4.32. The van der Waals surface area contributed by atoms with Gasteiger partial charge in [-0.25, -0.2) is 4.79 Å². The molecule has 0 fully saturated rings. The van der Waals surface area contributed by atoms with Crippen LogP contribution in [-0.4, -0.2) is 26.4 Å². The van der Waals surface area contributed by atoms with Gasteiger partial charge < -0.3 is 9.47 Å². The number of carbonyl (C=O) groups is 1. The molecule has 2 aromatic carbocycles. The lowest BCUT2D eigenvalue weighted by Crippen LogP contribution is -2.00. The summed E-state index contributed by atoms with van der Waals surface area (Å²) >= 11 is 6.89. The highest BCUT2D eigenvalue weighted by atomic mass is 79.9. The highest BCUT2D eigenvalue weighted by molar-refractivity contribution is 9.11. The lowest BCUT2D eigenvalue weighted by molar-refractivity contribution is 0.0601. The summed E-state index contributed by atoms with van der Waals surface area (Å²) in [5, 5.41) is 0. The highest BCUT2D eigenvalue weighted by Gasteiger charge is 2.07. The smallest absolute Gasteiger partial charge is 0.337 e. The van der Waals surface area contributed by atoms with Gasteiger partial charge in [0.2, 0.25) is 0 Å². The Bertz CT molecular complexity index is 706. The minimum absolute atomic E-state index is 0.382. The Morgan fingerprint density at radius 3 is 2.41 bits per heavy atom. The number of rotatable bonds is 4. The van der Waals surface area contributed by atoms with Crippen LogP contribution in [0.15, 0.2) is 50.3 Å². The van der Waals surface area contributed by atoms with Crippen molar-refractivity contribution in [2.24, 2.45) is 4.99 Å². The van der Waals surface area contributed by atoms with Crippen LogP contribution in [0.4, 0.5) is 5.69 Å². The molecule has 0 atom stereocenters. The Kier molecular flexibility index (Phi) is 5.74. The summed E-state index contributed by atoms with van der Waals surface area (Å²) in [6, 6.07) is 10.7. The maximum Gasteiger partial charge on any atom is 0.337 e. The Morgan fingerprint density at radius 1 is 1.14 bits per heavy atom. The van der Waals surface area contributed by atoms with Crippen LogP contribution in [0.3, 0.4) is 0 Å². The van der Waals surface area contributed by atoms with E-state index in [4.69, 9.17) is 9.47 Å². The van der Waals surface area contributed by atoms with E-state index < -0.39 is 0 Å². The fourth-order valence-corrected chi connectivity index (χ4v) is 3.37. The molecule has 0 saturated heterocycles. The monoisotopic (exact) mass is 425 g/mol. The van der Waals surface area contributed by atoms with E-state index >= 15 is 0 Å². The van der Waals surface area contributed by atoms with Gasteiger partial charge in [0, 0.05) is 6.21 Å². The molecule has 2 rings (SSSR count). The second kappa shape index (κ2) is 7.56. The van der Waals surface area contributed by atoms with E-state index in [2.05, 4.69) is 36.9 Å². The first-order valence-corrected chi connectivity index (χ1v) is 7.89. The minimum Gasteiger partial charge on any atom is -0.494 e. The van der Waals surface area contributed by atoms with Crippen LogP contribution in [0.2, 0.25) is 0 Å². The first-order valence-electron chi connectivity index (χ1n) is 6.30. The predicted octanol–water partition coefficient (Wildman–Crippen LogP) is 4.76. The fraction of sp³-hybridized carbons (Fsp3) is 0.125. The number of halogens is 2. The quantitative estimate of drug-likeness (QED) is 0.523. The van der Waals surface area contributed by atoms with Crippen LogP contribution < -0.4 is 4.74 Å². The van der Waals surface area contributed by atoms with Crippen molar-refractivity contribution < 1.29 is 14.3 Å². The Balaban J connectivity index is 2.27. The topological polar surface area (TPSA) is 47.9 Å². The van der Waals surface area contributed by atoms with Gasteiger partial charge in [0.1, 0.15) is 5.75 Å². The molecule has 0 spiro atoms. The zero-order valence-corrected chi connectivity index (χ0v) is 15.1. The Labute approximate surface area is 145 Å². The molecule has 0 unspecified atom stereocenters. The van der Waals surface area contributed by atoms with Crippen molar-refractivity contribution >= 4 is 49.7 Å². The molecule has 0 aromatic heterocycles. The first kappa shape index (κ1) is 16.7. The van der Waals surface area contributed by atoms with Crippen molar-refractivity contribution in [3.05, 3.63) is 56.5 Å². The number of benzene rings is 2. The van der Waals surface area contributed by atoms with Crippen LogP contribution in [0, 0.1) is 0 Å². The Hall–Kier alpha value is -1.66. The highest BCUT2D eigenvalue weighted by Crippen LogP contribution is 2.34. The molecule has 2 aromatic rings. The summed E-state index contributed by atoms with van der Waals surface area (Å²) < 4.78 is 11.6. The van der Waals surface area contributed by atoms with E-state index in [1.807, 2.05) is 18.2 Å². The lowest BCUT2D eigenvalue weighted by atomic mass is 10.2. The van der Waals surface area contributed by atoms with Crippen molar-refractivity contribution in [1.29, 1.82) is 0 Å². The van der Waals surface area contributed by atoms with Gasteiger partial charge in [0.05, 0.1) is 34.4 Å². The van der Waals surface area contributed by atoms with Crippen molar-refractivity contribution in [3.63, 3.8) is 0 Å². The molecule has 22 heavy (non-hydrogen) atoms. The molecule has 0 aliphatic heterocycles. The molecule has 0 saturated carbocycles. The average molecular weight is 427 g/mol. The van der Waals surface area contributed by atoms with Gasteiger partial charge in [-0.15, -0.1) is 0 Å². The lowest BCUT2D eigenvalue weighted by Gasteiger charge is -2.06. The van der Waals surface area contributed by atoms with Crippen LogP contribution >= 0.6 is 31.9 Å². The normalized spacial score (nSPS) is 10.7. The molecular weight excluding hydrogens is 414 g/mol. The zero-order valence-electron chi connectivity index (χ0n) is 12.0. The molecular formula is C16H13Br2NO3. The maximum atomic E-state index is 11.5. The van der Waals surface area contributed by atoms with Gasteiger partial charge in [-0.3, -0.25) is 4.99 Å². The molecule has 4 nitrogen and oxygen atoms in total. The van der Waals surface area contributed by atoms with Gasteiger partial charge in [-0.1, -0.05) is 6.07 Å². The van der Waals surface area contributed by atoms with Gasteiger partial charge in [0.15, 0.2) is 0 Å². The van der Waals surface area contributed by atoms with E-state index in [1.54, 1.807) is 31.5 Å². The van der Waals surface area contributed by atoms with E-state index in [0.29, 0.717) is 11.3 Å². The van der Waals surface area contributed by atoms with Gasteiger partial charge in [0.25, 0.3) is 0 Å². The van der Waals surface area contributed by atoms with Gasteiger partial charge in [-0.05, 0) is 67.8 Å². The number of ether oxygens (including phenoxy) is 2. The first-order chi connectivity index (χ1) is 10.5. The van der Waals surface area contributed by atoms with Crippen LogP contribution in [-0.2, 0) is 4.74 Å². The van der Waals surface area contributed by atoms with Crippen molar-refractivity contribution in [1.82, 2.24) is 0 Å². The number of esters is 1. The molecule has 0 bridgehead atoms. The summed E-state index contributed by atoms with van der Waals surface area (Å²) in [5.41, 5.74) is 2.03. The average Bonchev–Trinajstić information content (AvgIpc) is 2.52. The number of hydrogen-bond acceptors (Lipinski definition) is 4. The third-order valence-corrected chi connectivity index (χ3v) is 4.03. The predicted molar refractivity (Wildman–Crippen MR) is 93.4 cm³/mol. The largest absolute Gasteiger partial charge is 0.494 e. The molecule has 0 heterocycles. The molecule has 0 N–H and O–H groups in total. The fourth-order valence-electron chi connectivity index (χ4n) is 1.83. The molecule has 6 heteroatoms. The number of methoxy groups -OCH3 is 2. The second-order valence-corrected chi connectivity index (χ2v) is 6.03.